The summed E-state index contributed by atoms with van der Waals surface area (Å²) in [5, 5.41) is 0. The fourth-order valence-corrected chi connectivity index (χ4v) is 10.1. The Labute approximate surface area is 674 Å². The lowest BCUT2D eigenvalue weighted by molar-refractivity contribution is -0.0664. The summed E-state index contributed by atoms with van der Waals surface area (Å²) in [6.45, 7) is 26.8. The van der Waals surface area contributed by atoms with Gasteiger partial charge in [0.05, 0.1) is 383 Å². The fourth-order valence-electron chi connectivity index (χ4n) is 9.64. The lowest BCUT2D eigenvalue weighted by Gasteiger charge is -2.29. The third kappa shape index (κ3) is 80.3. The first-order chi connectivity index (χ1) is 55.9. The summed E-state index contributed by atoms with van der Waals surface area (Å²) >= 11 is 0. The molecule has 0 spiro atoms. The van der Waals surface area contributed by atoms with Crippen LogP contribution < -0.4 is 4.74 Å². The number of allylic oxidation sites excluding steroid dienone is 1. The molecule has 0 N–H and O–H groups in total. The molecule has 1 saturated heterocycles. The number of hydrogen-bond donors (Lipinski definition) is 0. The smallest absolute Gasteiger partial charge is 0.218 e. The number of unbranched alkanes of at least 4 members (excludes halogenated alkanes) is 6. The molecule has 1 aliphatic rings. The molecular weight excluding hydrogens is 1510 g/mol. The molecule has 2 rings (SSSR count). The summed E-state index contributed by atoms with van der Waals surface area (Å²) in [7, 11) is -5.21. The number of benzene rings is 1. The number of aryl methyl sites for hydroxylation is 1. The molecule has 668 valence electrons. The summed E-state index contributed by atoms with van der Waals surface area (Å²) in [6.07, 6.45) is 10.7. The fraction of sp³-hybridized carbons (Fsp3) is 0.897. The highest BCUT2D eigenvalue weighted by atomic mass is 32.3. The first-order valence-corrected chi connectivity index (χ1v) is 42.1. The van der Waals surface area contributed by atoms with Crippen LogP contribution in [0.3, 0.4) is 0 Å². The van der Waals surface area contributed by atoms with Crippen LogP contribution >= 0.6 is 0 Å². The van der Waals surface area contributed by atoms with Crippen LogP contribution in [0.15, 0.2) is 24.3 Å². The van der Waals surface area contributed by atoms with E-state index in [0.717, 1.165) is 30.4 Å². The SMILES string of the molecule is C/C=C\c1cc(CCCCCCCCC)ccc1OC1COCCOCCOCCOCCOCCOCCOCCOCCOCCOCCOCCOCCOCCOCCOCCOCCOCCOCCOCCOCCOCCOCCOCCOCCOCCOCCOCCOCCOCC1OS(=O)(=O)[O-]. The van der Waals surface area contributed by atoms with Gasteiger partial charge in [0.15, 0.2) is 6.10 Å². The molecule has 0 radical (unpaired) electrons. The van der Waals surface area contributed by atoms with E-state index >= 15 is 0 Å². The van der Waals surface area contributed by atoms with Crippen LogP contribution in [0.4, 0.5) is 0 Å². The number of hydrogen-bond acceptors (Lipinski definition) is 34. The van der Waals surface area contributed by atoms with E-state index in [-0.39, 0.29) is 46.2 Å². The zero-order valence-electron chi connectivity index (χ0n) is 68.5. The molecule has 34 nitrogen and oxygen atoms in total. The van der Waals surface area contributed by atoms with Crippen LogP contribution in [-0.2, 0) is 158 Å². The molecule has 1 aliphatic heterocycles. The Balaban J connectivity index is 1.68. The van der Waals surface area contributed by atoms with E-state index < -0.39 is 22.6 Å². The minimum absolute atomic E-state index is 0.0618. The van der Waals surface area contributed by atoms with Gasteiger partial charge in [-0.15, -0.1) is 0 Å². The van der Waals surface area contributed by atoms with Crippen molar-refractivity contribution in [1.29, 1.82) is 0 Å². The largest absolute Gasteiger partial charge is 0.726 e. The summed E-state index contributed by atoms with van der Waals surface area (Å²) in [6, 6.07) is 5.91. The predicted octanol–water partition coefficient (Wildman–Crippen LogP) is 5.10. The van der Waals surface area contributed by atoms with Gasteiger partial charge < -0.3 is 147 Å². The van der Waals surface area contributed by atoms with Gasteiger partial charge in [-0.05, 0) is 37.5 Å². The van der Waals surface area contributed by atoms with Crippen molar-refractivity contribution in [3.05, 3.63) is 35.4 Å². The highest BCUT2D eigenvalue weighted by molar-refractivity contribution is 7.80. The summed E-state index contributed by atoms with van der Waals surface area (Å²) in [5.41, 5.74) is 1.93. The zero-order chi connectivity index (χ0) is 80.5. The first-order valence-electron chi connectivity index (χ1n) is 40.7. The van der Waals surface area contributed by atoms with Gasteiger partial charge in [-0.25, -0.2) is 8.42 Å². The van der Waals surface area contributed by atoms with Crippen LogP contribution in [0.25, 0.3) is 6.08 Å². The molecule has 2 atom stereocenters. The lowest BCUT2D eigenvalue weighted by Crippen LogP contribution is -2.43. The van der Waals surface area contributed by atoms with Gasteiger partial charge >= 0.3 is 0 Å². The summed E-state index contributed by atoms with van der Waals surface area (Å²) in [5.74, 6) is 0.461. The Kier molecular flexibility index (Phi) is 83.7. The van der Waals surface area contributed by atoms with Crippen LogP contribution in [-0.4, -0.2) is 408 Å². The highest BCUT2D eigenvalue weighted by Gasteiger charge is 2.29. The molecule has 1 aromatic carbocycles. The zero-order valence-corrected chi connectivity index (χ0v) is 69.3. The average molecular weight is 1660 g/mol. The van der Waals surface area contributed by atoms with E-state index in [1.165, 1.54) is 32.1 Å². The molecule has 1 aromatic rings. The Bertz CT molecular complexity index is 2190. The Hall–Kier alpha value is -2.53. The third-order valence-electron chi connectivity index (χ3n) is 15.4. The van der Waals surface area contributed by atoms with Crippen molar-refractivity contribution < 1.29 is 159 Å². The molecular formula is C78H145O34S-. The van der Waals surface area contributed by atoms with Gasteiger partial charge in [-0.2, -0.15) is 0 Å². The van der Waals surface area contributed by atoms with Gasteiger partial charge in [0, 0.05) is 5.56 Å². The van der Waals surface area contributed by atoms with Crippen LogP contribution in [0.1, 0.15) is 69.9 Å². The third-order valence-corrected chi connectivity index (χ3v) is 15.9. The van der Waals surface area contributed by atoms with Crippen LogP contribution in [0.5, 0.6) is 5.75 Å². The number of rotatable bonds is 13. The monoisotopic (exact) mass is 1660 g/mol. The maximum absolute atomic E-state index is 12.2. The summed E-state index contributed by atoms with van der Waals surface area (Å²) < 4.78 is 210. The molecule has 1 heterocycles. The van der Waals surface area contributed by atoms with E-state index in [0.29, 0.717) is 343 Å². The molecule has 35 heteroatoms. The minimum Gasteiger partial charge on any atom is -0.726 e. The van der Waals surface area contributed by atoms with Crippen LogP contribution in [0, 0.1) is 0 Å². The van der Waals surface area contributed by atoms with Gasteiger partial charge in [-0.1, -0.05) is 63.7 Å². The van der Waals surface area contributed by atoms with E-state index in [1.54, 1.807) is 0 Å². The quantitative estimate of drug-likeness (QED) is 0.141. The highest BCUT2D eigenvalue weighted by Crippen LogP contribution is 2.26. The topological polar surface area (TPSA) is 343 Å². The standard InChI is InChI=1S/C78H146O34S/c1-3-5-6-7-8-9-10-12-74-13-14-76(75(71-74)11-4-2)111-77-72-109-69-67-107-65-63-105-61-59-103-57-55-101-53-51-99-49-47-97-45-43-95-41-39-93-37-35-91-33-31-89-29-27-87-25-23-85-21-19-83-17-15-82-16-18-84-20-22-86-24-26-88-28-30-90-32-34-92-36-38-94-40-42-96-44-46-98-48-50-100-52-54-102-56-58-104-60-62-106-64-66-108-68-70-110-73-78(77)112-113(79,80)81/h4,11,13-14,71,77-78H,3,5-10,12,15-70,72-73H2,1-2H3,(H,79,80,81)/p-1/b11-4-. The van der Waals surface area contributed by atoms with Crippen molar-refractivity contribution in [2.45, 2.75) is 77.4 Å². The van der Waals surface area contributed by atoms with E-state index in [4.69, 9.17) is 146 Å². The Morgan fingerprint density at radius 1 is 0.292 bits per heavy atom. The minimum atomic E-state index is -5.21. The predicted molar refractivity (Wildman–Crippen MR) is 416 cm³/mol. The molecule has 1 fully saturated rings. The van der Waals surface area contributed by atoms with Crippen molar-refractivity contribution in [2.24, 2.45) is 0 Å². The van der Waals surface area contributed by atoms with Crippen molar-refractivity contribution in [3.8, 4) is 5.75 Å². The van der Waals surface area contributed by atoms with Gasteiger partial charge in [0.25, 0.3) is 0 Å². The van der Waals surface area contributed by atoms with E-state index in [1.807, 2.05) is 31.2 Å². The molecule has 113 heavy (non-hydrogen) atoms. The van der Waals surface area contributed by atoms with Gasteiger partial charge in [0.2, 0.25) is 10.4 Å². The van der Waals surface area contributed by atoms with Gasteiger partial charge in [0.1, 0.15) is 11.9 Å². The first kappa shape index (κ1) is 107. The Morgan fingerprint density at radius 2 is 0.487 bits per heavy atom. The van der Waals surface area contributed by atoms with Crippen molar-refractivity contribution in [1.82, 2.24) is 0 Å². The van der Waals surface area contributed by atoms with E-state index in [9.17, 15) is 13.0 Å². The summed E-state index contributed by atoms with van der Waals surface area (Å²) in [4.78, 5) is 0. The molecule has 0 bridgehead atoms. The lowest BCUT2D eigenvalue weighted by atomic mass is 10.0. The normalized spacial score (nSPS) is 22.9. The Morgan fingerprint density at radius 3 is 0.690 bits per heavy atom. The molecule has 0 saturated carbocycles. The van der Waals surface area contributed by atoms with Crippen LogP contribution in [0.2, 0.25) is 0 Å². The molecule has 2 unspecified atom stereocenters. The maximum atomic E-state index is 12.2. The molecule has 0 aliphatic carbocycles. The second-order valence-electron chi connectivity index (χ2n) is 24.6. The van der Waals surface area contributed by atoms with Crippen molar-refractivity contribution in [3.63, 3.8) is 0 Å². The average Bonchev–Trinajstić information content (AvgIpc) is 0.837. The maximum Gasteiger partial charge on any atom is 0.218 e. The number of ether oxygens (including phenoxy) is 30. The second-order valence-corrected chi connectivity index (χ2v) is 25.6. The molecule has 0 amide bonds. The van der Waals surface area contributed by atoms with Crippen molar-refractivity contribution >= 4 is 16.5 Å². The molecule has 0 aromatic heterocycles. The van der Waals surface area contributed by atoms with Crippen molar-refractivity contribution in [2.75, 3.05) is 383 Å². The van der Waals surface area contributed by atoms with E-state index in [2.05, 4.69) is 13.0 Å². The van der Waals surface area contributed by atoms with Gasteiger partial charge in [-0.3, -0.25) is 4.18 Å². The second kappa shape index (κ2) is 88.7.